The Balaban J connectivity index is 2.02. The van der Waals surface area contributed by atoms with Gasteiger partial charge in [-0.25, -0.2) is 4.79 Å². The van der Waals surface area contributed by atoms with Crippen LogP contribution in [0.1, 0.15) is 45.2 Å². The standard InChI is InChI=1S/C17H26N2O/c1-12(2)16(15-8-6-5-7-9-15)18-17(20)19(4)13(3)14-10-11-14/h5-9,12-14,16H,10-11H2,1-4H3,(H,18,20). The number of urea groups is 1. The minimum absolute atomic E-state index is 0.0342. The highest BCUT2D eigenvalue weighted by atomic mass is 16.2. The lowest BCUT2D eigenvalue weighted by atomic mass is 9.96. The topological polar surface area (TPSA) is 32.3 Å². The van der Waals surface area contributed by atoms with Gasteiger partial charge in [-0.05, 0) is 37.2 Å². The van der Waals surface area contributed by atoms with E-state index in [4.69, 9.17) is 0 Å². The van der Waals surface area contributed by atoms with E-state index in [0.717, 1.165) is 0 Å². The van der Waals surface area contributed by atoms with Crippen LogP contribution in [-0.2, 0) is 0 Å². The first-order valence-corrected chi connectivity index (χ1v) is 7.59. The Morgan fingerprint density at radius 2 is 1.80 bits per heavy atom. The van der Waals surface area contributed by atoms with Gasteiger partial charge in [0, 0.05) is 13.1 Å². The Kier molecular flexibility index (Phi) is 4.69. The molecule has 0 saturated heterocycles. The molecule has 1 saturated carbocycles. The fourth-order valence-corrected chi connectivity index (χ4v) is 2.61. The van der Waals surface area contributed by atoms with Crippen molar-refractivity contribution in [3.05, 3.63) is 35.9 Å². The first-order valence-electron chi connectivity index (χ1n) is 7.59. The van der Waals surface area contributed by atoms with E-state index in [1.54, 1.807) is 0 Å². The predicted octanol–water partition coefficient (Wildman–Crippen LogP) is 3.82. The Labute approximate surface area is 122 Å². The van der Waals surface area contributed by atoms with Gasteiger partial charge in [0.1, 0.15) is 0 Å². The van der Waals surface area contributed by atoms with Crippen LogP contribution in [-0.4, -0.2) is 24.0 Å². The van der Waals surface area contributed by atoms with Crippen LogP contribution in [0.15, 0.2) is 30.3 Å². The number of amides is 2. The maximum Gasteiger partial charge on any atom is 0.317 e. The zero-order chi connectivity index (χ0) is 14.7. The van der Waals surface area contributed by atoms with Crippen molar-refractivity contribution < 1.29 is 4.79 Å². The summed E-state index contributed by atoms with van der Waals surface area (Å²) in [4.78, 5) is 14.3. The summed E-state index contributed by atoms with van der Waals surface area (Å²) >= 11 is 0. The number of nitrogens with one attached hydrogen (secondary N) is 1. The van der Waals surface area contributed by atoms with Gasteiger partial charge in [-0.3, -0.25) is 0 Å². The molecule has 0 spiro atoms. The highest BCUT2D eigenvalue weighted by molar-refractivity contribution is 5.74. The molecule has 1 aliphatic carbocycles. The van der Waals surface area contributed by atoms with Crippen LogP contribution in [0.25, 0.3) is 0 Å². The van der Waals surface area contributed by atoms with E-state index in [9.17, 15) is 4.79 Å². The molecule has 2 atom stereocenters. The molecule has 3 heteroatoms. The number of hydrogen-bond acceptors (Lipinski definition) is 1. The molecule has 1 aromatic rings. The van der Waals surface area contributed by atoms with Crippen molar-refractivity contribution in [2.24, 2.45) is 11.8 Å². The van der Waals surface area contributed by atoms with E-state index < -0.39 is 0 Å². The third-order valence-electron chi connectivity index (χ3n) is 4.34. The largest absolute Gasteiger partial charge is 0.331 e. The van der Waals surface area contributed by atoms with Gasteiger partial charge in [-0.1, -0.05) is 44.2 Å². The molecule has 3 nitrogen and oxygen atoms in total. The van der Waals surface area contributed by atoms with Gasteiger partial charge >= 0.3 is 6.03 Å². The van der Waals surface area contributed by atoms with E-state index in [2.05, 4.69) is 38.2 Å². The van der Waals surface area contributed by atoms with Gasteiger partial charge in [0.15, 0.2) is 0 Å². The van der Waals surface area contributed by atoms with Crippen LogP contribution in [0, 0.1) is 11.8 Å². The molecule has 20 heavy (non-hydrogen) atoms. The van der Waals surface area contributed by atoms with Gasteiger partial charge in [-0.15, -0.1) is 0 Å². The fraction of sp³-hybridized carbons (Fsp3) is 0.588. The van der Waals surface area contributed by atoms with Crippen molar-refractivity contribution in [2.45, 2.75) is 45.7 Å². The SMILES string of the molecule is CC(C)C(NC(=O)N(C)C(C)C1CC1)c1ccccc1. The molecular weight excluding hydrogens is 248 g/mol. The van der Waals surface area contributed by atoms with E-state index in [0.29, 0.717) is 17.9 Å². The predicted molar refractivity (Wildman–Crippen MR) is 82.5 cm³/mol. The molecule has 2 rings (SSSR count). The molecule has 2 amide bonds. The Morgan fingerprint density at radius 1 is 1.20 bits per heavy atom. The first-order chi connectivity index (χ1) is 9.50. The quantitative estimate of drug-likeness (QED) is 0.869. The van der Waals surface area contributed by atoms with E-state index >= 15 is 0 Å². The number of benzene rings is 1. The van der Waals surface area contributed by atoms with Gasteiger partial charge in [0.25, 0.3) is 0 Å². The average Bonchev–Trinajstić information content (AvgIpc) is 3.28. The summed E-state index contributed by atoms with van der Waals surface area (Å²) < 4.78 is 0. The normalized spacial score (nSPS) is 17.6. The van der Waals surface area contributed by atoms with Crippen molar-refractivity contribution in [3.63, 3.8) is 0 Å². The minimum atomic E-state index is 0.0342. The molecule has 0 heterocycles. The minimum Gasteiger partial charge on any atom is -0.331 e. The summed E-state index contributed by atoms with van der Waals surface area (Å²) in [5, 5.41) is 3.18. The summed E-state index contributed by atoms with van der Waals surface area (Å²) in [7, 11) is 1.90. The fourth-order valence-electron chi connectivity index (χ4n) is 2.61. The van der Waals surface area contributed by atoms with E-state index in [1.165, 1.54) is 18.4 Å². The monoisotopic (exact) mass is 274 g/mol. The Bertz CT molecular complexity index is 440. The third-order valence-corrected chi connectivity index (χ3v) is 4.34. The Hall–Kier alpha value is -1.51. The molecule has 2 unspecified atom stereocenters. The van der Waals surface area contributed by atoms with Gasteiger partial charge in [0.05, 0.1) is 6.04 Å². The van der Waals surface area contributed by atoms with Crippen LogP contribution in [0.5, 0.6) is 0 Å². The van der Waals surface area contributed by atoms with Crippen molar-refractivity contribution in [2.75, 3.05) is 7.05 Å². The lowest BCUT2D eigenvalue weighted by Gasteiger charge is -2.30. The molecule has 1 fully saturated rings. The maximum absolute atomic E-state index is 12.4. The maximum atomic E-state index is 12.4. The van der Waals surface area contributed by atoms with Gasteiger partial charge < -0.3 is 10.2 Å². The summed E-state index contributed by atoms with van der Waals surface area (Å²) in [6.07, 6.45) is 2.51. The van der Waals surface area contributed by atoms with Crippen LogP contribution in [0.4, 0.5) is 4.79 Å². The van der Waals surface area contributed by atoms with Gasteiger partial charge in [-0.2, -0.15) is 0 Å². The number of nitrogens with zero attached hydrogens (tertiary/aromatic N) is 1. The average molecular weight is 274 g/mol. The van der Waals surface area contributed by atoms with Crippen molar-refractivity contribution in [3.8, 4) is 0 Å². The molecule has 0 radical (unpaired) electrons. The van der Waals surface area contributed by atoms with E-state index in [1.807, 2.05) is 30.1 Å². The van der Waals surface area contributed by atoms with E-state index in [-0.39, 0.29) is 12.1 Å². The zero-order valence-corrected chi connectivity index (χ0v) is 13.0. The molecule has 110 valence electrons. The highest BCUT2D eigenvalue weighted by Gasteiger charge is 2.33. The smallest absolute Gasteiger partial charge is 0.317 e. The number of carbonyl (C=O) groups is 1. The molecule has 0 aromatic heterocycles. The van der Waals surface area contributed by atoms with Crippen molar-refractivity contribution >= 4 is 6.03 Å². The molecule has 1 aliphatic rings. The molecule has 0 aliphatic heterocycles. The number of hydrogen-bond donors (Lipinski definition) is 1. The Morgan fingerprint density at radius 3 is 2.30 bits per heavy atom. The summed E-state index contributed by atoms with van der Waals surface area (Å²) in [6.45, 7) is 6.43. The molecule has 0 bridgehead atoms. The first kappa shape index (κ1) is 14.9. The number of rotatable bonds is 5. The number of carbonyl (C=O) groups excluding carboxylic acids is 1. The third kappa shape index (κ3) is 3.53. The lowest BCUT2D eigenvalue weighted by molar-refractivity contribution is 0.180. The summed E-state index contributed by atoms with van der Waals surface area (Å²) in [5.74, 6) is 1.06. The second-order valence-corrected chi connectivity index (χ2v) is 6.27. The van der Waals surface area contributed by atoms with Crippen LogP contribution in [0.3, 0.4) is 0 Å². The highest BCUT2D eigenvalue weighted by Crippen LogP contribution is 2.34. The summed E-state index contributed by atoms with van der Waals surface area (Å²) in [5.41, 5.74) is 1.17. The second kappa shape index (κ2) is 6.29. The molecule has 1 aromatic carbocycles. The van der Waals surface area contributed by atoms with Gasteiger partial charge in [0.2, 0.25) is 0 Å². The lowest BCUT2D eigenvalue weighted by Crippen LogP contribution is -2.45. The second-order valence-electron chi connectivity index (χ2n) is 6.27. The van der Waals surface area contributed by atoms with Crippen LogP contribution < -0.4 is 5.32 Å². The van der Waals surface area contributed by atoms with Crippen molar-refractivity contribution in [1.29, 1.82) is 0 Å². The molecule has 1 N–H and O–H groups in total. The summed E-state index contributed by atoms with van der Waals surface area (Å²) in [6, 6.07) is 10.6. The molecular formula is C17H26N2O. The van der Waals surface area contributed by atoms with Crippen molar-refractivity contribution in [1.82, 2.24) is 10.2 Å². The zero-order valence-electron chi connectivity index (χ0n) is 13.0. The van der Waals surface area contributed by atoms with Crippen LogP contribution >= 0.6 is 0 Å². The van der Waals surface area contributed by atoms with Crippen LogP contribution in [0.2, 0.25) is 0 Å².